The Labute approximate surface area is 496 Å². The molecular formula is C70H83NO2S6. The topological polar surface area (TPSA) is 37.4 Å². The van der Waals surface area contributed by atoms with Crippen LogP contribution < -0.4 is 0 Å². The second kappa shape index (κ2) is 25.5. The lowest BCUT2D eigenvalue weighted by Gasteiger charge is -2.30. The average Bonchev–Trinajstić information content (AvgIpc) is 3.64. The number of amides is 2. The fourth-order valence-electron chi connectivity index (χ4n) is 12.7. The Morgan fingerprint density at radius 2 is 1.04 bits per heavy atom. The molecule has 416 valence electrons. The standard InChI is InChI=1S/C70H83NO2S6/c1-10-17-20-21-28-40-71-67(72)60-59-64(78-65(60)68(71)73)63(79-66(59)70(9,39-13-4)48-33-26-23-27-34-48)55-43-51-57(53-37-35-49(74-53)41-45(14-5)29-18-11-2)62-52(44-56(77-62)69(8,16-7)47-31-24-22-25-32-47)58(61(51)76-55)54-38-36-50(75-54)42-46(15-6)30-19-12-3/h22-27,31-38,43-46H,10-21,28-30,39-42H2,1-9H3/t45?,46?,69-,70?/m1/s1. The first-order chi connectivity index (χ1) is 38.4. The average molecular weight is 1160 g/mol. The Kier molecular flexibility index (Phi) is 18.7. The lowest BCUT2D eigenvalue weighted by Crippen LogP contribution is -2.31. The van der Waals surface area contributed by atoms with Crippen LogP contribution in [0.25, 0.3) is 60.9 Å². The number of unbranched alkanes of at least 4 members (excludes halogenated alkanes) is 6. The summed E-state index contributed by atoms with van der Waals surface area (Å²) in [6.07, 6.45) is 20.5. The molecule has 3 unspecified atom stereocenters. The van der Waals surface area contributed by atoms with Crippen molar-refractivity contribution in [1.29, 1.82) is 0 Å². The predicted molar refractivity (Wildman–Crippen MR) is 352 cm³/mol. The van der Waals surface area contributed by atoms with Crippen molar-refractivity contribution in [1.82, 2.24) is 4.90 Å². The molecule has 9 aromatic rings. The number of thiophene rings is 6. The fraction of sp³-hybridized carbons (Fsp3) is 0.457. The van der Waals surface area contributed by atoms with Gasteiger partial charge in [-0.25, -0.2) is 0 Å². The van der Waals surface area contributed by atoms with Crippen LogP contribution in [0.4, 0.5) is 0 Å². The van der Waals surface area contributed by atoms with Gasteiger partial charge in [0.25, 0.3) is 11.8 Å². The first-order valence-corrected chi connectivity index (χ1v) is 35.1. The zero-order valence-electron chi connectivity index (χ0n) is 48.5. The van der Waals surface area contributed by atoms with Gasteiger partial charge in [-0.1, -0.05) is 206 Å². The van der Waals surface area contributed by atoms with Crippen LogP contribution in [0, 0.1) is 11.8 Å². The molecule has 1 aliphatic heterocycles. The van der Waals surface area contributed by atoms with E-state index in [4.69, 9.17) is 0 Å². The van der Waals surface area contributed by atoms with Crippen LogP contribution >= 0.6 is 68.0 Å². The van der Waals surface area contributed by atoms with Gasteiger partial charge in [0.2, 0.25) is 0 Å². The molecule has 2 amide bonds. The van der Waals surface area contributed by atoms with Gasteiger partial charge < -0.3 is 0 Å². The number of hydrogen-bond donors (Lipinski definition) is 0. The number of hydrogen-bond acceptors (Lipinski definition) is 8. The minimum Gasteiger partial charge on any atom is -0.274 e. The molecule has 79 heavy (non-hydrogen) atoms. The van der Waals surface area contributed by atoms with E-state index in [-0.39, 0.29) is 22.6 Å². The summed E-state index contributed by atoms with van der Waals surface area (Å²) in [5.74, 6) is 1.15. The van der Waals surface area contributed by atoms with Crippen molar-refractivity contribution in [2.45, 2.75) is 189 Å². The molecule has 0 spiro atoms. The smallest absolute Gasteiger partial charge is 0.271 e. The minimum absolute atomic E-state index is 0.104. The van der Waals surface area contributed by atoms with Crippen LogP contribution in [-0.2, 0) is 23.7 Å². The lowest BCUT2D eigenvalue weighted by molar-refractivity contribution is 0.0653. The Morgan fingerprint density at radius 1 is 0.481 bits per heavy atom. The van der Waals surface area contributed by atoms with Gasteiger partial charge in [-0.15, -0.1) is 68.0 Å². The zero-order chi connectivity index (χ0) is 55.4. The number of carbonyl (C=O) groups excluding carboxylic acids is 2. The second-order valence-corrected chi connectivity index (χ2v) is 29.7. The van der Waals surface area contributed by atoms with Crippen molar-refractivity contribution in [3.05, 3.63) is 138 Å². The van der Waals surface area contributed by atoms with E-state index in [1.54, 1.807) is 16.2 Å². The highest BCUT2D eigenvalue weighted by molar-refractivity contribution is 7.32. The third-order valence-corrected chi connectivity index (χ3v) is 25.6. The van der Waals surface area contributed by atoms with Crippen LogP contribution in [0.5, 0.6) is 0 Å². The quantitative estimate of drug-likeness (QED) is 0.0362. The first-order valence-electron chi connectivity index (χ1n) is 30.2. The summed E-state index contributed by atoms with van der Waals surface area (Å²) in [5, 5.41) is 3.69. The van der Waals surface area contributed by atoms with Gasteiger partial charge in [0.15, 0.2) is 0 Å². The maximum Gasteiger partial charge on any atom is 0.271 e. The Hall–Kier alpha value is -4.22. The fourth-order valence-corrected chi connectivity index (χ4v) is 21.0. The largest absolute Gasteiger partial charge is 0.274 e. The van der Waals surface area contributed by atoms with E-state index in [2.05, 4.69) is 159 Å². The number of imide groups is 1. The Morgan fingerprint density at radius 3 is 1.59 bits per heavy atom. The summed E-state index contributed by atoms with van der Waals surface area (Å²) in [7, 11) is 0. The van der Waals surface area contributed by atoms with Crippen molar-refractivity contribution >= 4 is 110 Å². The van der Waals surface area contributed by atoms with E-state index in [1.807, 2.05) is 56.7 Å². The van der Waals surface area contributed by atoms with E-state index >= 15 is 0 Å². The van der Waals surface area contributed by atoms with E-state index < -0.39 is 0 Å². The molecule has 0 aliphatic carbocycles. The highest BCUT2D eigenvalue weighted by Gasteiger charge is 2.44. The zero-order valence-corrected chi connectivity index (χ0v) is 53.4. The van der Waals surface area contributed by atoms with Crippen LogP contribution in [0.3, 0.4) is 0 Å². The summed E-state index contributed by atoms with van der Waals surface area (Å²) in [6, 6.07) is 37.1. The van der Waals surface area contributed by atoms with Gasteiger partial charge in [-0.05, 0) is 91.5 Å². The van der Waals surface area contributed by atoms with Crippen molar-refractivity contribution in [3.8, 4) is 30.6 Å². The van der Waals surface area contributed by atoms with Gasteiger partial charge in [0.05, 0.1) is 15.1 Å². The maximum atomic E-state index is 15.0. The van der Waals surface area contributed by atoms with E-state index in [9.17, 15) is 9.59 Å². The van der Waals surface area contributed by atoms with Gasteiger partial charge in [-0.3, -0.25) is 14.5 Å². The molecule has 0 fully saturated rings. The van der Waals surface area contributed by atoms with Crippen molar-refractivity contribution in [2.24, 2.45) is 11.8 Å². The molecule has 6 aromatic heterocycles. The van der Waals surface area contributed by atoms with Crippen LogP contribution in [-0.4, -0.2) is 23.3 Å². The molecule has 7 heterocycles. The molecule has 0 radical (unpaired) electrons. The van der Waals surface area contributed by atoms with Crippen molar-refractivity contribution in [2.75, 3.05) is 6.54 Å². The second-order valence-electron chi connectivity index (χ2n) is 23.2. The first kappa shape index (κ1) is 58.0. The van der Waals surface area contributed by atoms with Crippen molar-refractivity contribution < 1.29 is 9.59 Å². The summed E-state index contributed by atoms with van der Waals surface area (Å²) < 4.78 is 3.81. The SMILES string of the molecule is CCCCCCCN1C(=O)c2sc3c(-c4cc5c(-c6ccc(CC(CC)CCCC)s6)c6sc([C@](C)(CC)c7ccccc7)cc6c(-c6ccc(CC(CC)CCCC)s6)c5s4)sc(C(C)(CCC)c4ccccc4)c3c2C1=O. The van der Waals surface area contributed by atoms with Gasteiger partial charge in [0, 0.05) is 88.2 Å². The molecule has 0 N–H and O–H groups in total. The van der Waals surface area contributed by atoms with Gasteiger partial charge >= 0.3 is 0 Å². The number of nitrogens with zero attached hydrogens (tertiary/aromatic N) is 1. The predicted octanol–water partition coefficient (Wildman–Crippen LogP) is 23.4. The minimum atomic E-state index is -0.374. The highest BCUT2D eigenvalue weighted by atomic mass is 32.1. The molecular weight excluding hydrogens is 1080 g/mol. The molecule has 4 atom stereocenters. The van der Waals surface area contributed by atoms with Crippen molar-refractivity contribution in [3.63, 3.8) is 0 Å². The molecule has 0 bridgehead atoms. The molecule has 0 saturated carbocycles. The van der Waals surface area contributed by atoms with Gasteiger partial charge in [0.1, 0.15) is 4.88 Å². The molecule has 3 aromatic carbocycles. The molecule has 1 aliphatic rings. The number of fused-ring (bicyclic) bond motifs is 5. The highest BCUT2D eigenvalue weighted by Crippen LogP contribution is 2.59. The number of rotatable bonds is 28. The summed E-state index contributed by atoms with van der Waals surface area (Å²) in [5.41, 5.74) is 5.45. The lowest BCUT2D eigenvalue weighted by atomic mass is 9.76. The van der Waals surface area contributed by atoms with Crippen LogP contribution in [0.2, 0.25) is 0 Å². The monoisotopic (exact) mass is 1160 g/mol. The van der Waals surface area contributed by atoms with Crippen LogP contribution in [0.1, 0.15) is 216 Å². The van der Waals surface area contributed by atoms with Crippen LogP contribution in [0.15, 0.2) is 97.1 Å². The third-order valence-electron chi connectivity index (χ3n) is 17.8. The molecule has 3 nitrogen and oxygen atoms in total. The van der Waals surface area contributed by atoms with E-state index in [1.165, 1.54) is 139 Å². The number of carbonyl (C=O) groups is 2. The molecule has 9 heteroatoms. The third kappa shape index (κ3) is 11.3. The Bertz CT molecular complexity index is 3410. The summed E-state index contributed by atoms with van der Waals surface area (Å²) >= 11 is 11.5. The molecule has 0 saturated heterocycles. The Balaban J connectivity index is 1.24. The summed E-state index contributed by atoms with van der Waals surface area (Å²) in [6.45, 7) is 21.6. The molecule has 10 rings (SSSR count). The normalized spacial score (nSPS) is 15.2. The van der Waals surface area contributed by atoms with Gasteiger partial charge in [-0.2, -0.15) is 0 Å². The van der Waals surface area contributed by atoms with E-state index in [0.717, 1.165) is 67.9 Å². The summed E-state index contributed by atoms with van der Waals surface area (Å²) in [4.78, 5) is 42.6. The maximum absolute atomic E-state index is 15.0. The number of benzene rings is 3. The van der Waals surface area contributed by atoms with E-state index in [0.29, 0.717) is 28.8 Å².